The van der Waals surface area contributed by atoms with E-state index in [0.717, 1.165) is 5.69 Å². The van der Waals surface area contributed by atoms with Crippen LogP contribution in [-0.2, 0) is 0 Å². The van der Waals surface area contributed by atoms with Gasteiger partial charge in [0.05, 0.1) is 0 Å². The molecule has 1 nitrogen and oxygen atoms in total. The van der Waals surface area contributed by atoms with E-state index in [2.05, 4.69) is 45.9 Å². The van der Waals surface area contributed by atoms with E-state index in [1.54, 1.807) is 0 Å². The molecular weight excluding hydrogens is 302 g/mol. The van der Waals surface area contributed by atoms with Crippen LogP contribution in [0.4, 0.5) is 5.69 Å². The van der Waals surface area contributed by atoms with E-state index in [-0.39, 0.29) is 0 Å². The maximum Gasteiger partial charge on any atom is 0.0384 e. The van der Waals surface area contributed by atoms with Crippen molar-refractivity contribution in [3.63, 3.8) is 0 Å². The Balaban J connectivity index is 3.05. The van der Waals surface area contributed by atoms with Crippen LogP contribution in [0.2, 0.25) is 0 Å². The molecule has 1 rings (SSSR count). The summed E-state index contributed by atoms with van der Waals surface area (Å²) in [6.45, 7) is 9.18. The SMILES string of the molecule is CCCCC(CCCC)c1cccc(C(CCCC)CCCC)c1N. The Hall–Kier alpha value is -0.980. The predicted molar refractivity (Wildman–Crippen MR) is 114 cm³/mol. The first-order valence-corrected chi connectivity index (χ1v) is 11.1. The van der Waals surface area contributed by atoms with Gasteiger partial charge in [-0.15, -0.1) is 0 Å². The molecule has 0 fully saturated rings. The molecule has 1 aromatic carbocycles. The lowest BCUT2D eigenvalue weighted by Crippen LogP contribution is -2.09. The molecule has 1 aromatic rings. The van der Waals surface area contributed by atoms with Crippen molar-refractivity contribution in [2.75, 3.05) is 5.73 Å². The molecule has 0 heterocycles. The van der Waals surface area contributed by atoms with Crippen molar-refractivity contribution in [3.8, 4) is 0 Å². The number of hydrogen-bond donors (Lipinski definition) is 1. The van der Waals surface area contributed by atoms with Crippen LogP contribution in [-0.4, -0.2) is 0 Å². The summed E-state index contributed by atoms with van der Waals surface area (Å²) in [6.07, 6.45) is 15.5. The molecule has 0 radical (unpaired) electrons. The van der Waals surface area contributed by atoms with E-state index in [9.17, 15) is 0 Å². The first-order valence-electron chi connectivity index (χ1n) is 11.1. The van der Waals surface area contributed by atoms with Gasteiger partial charge in [-0.05, 0) is 48.6 Å². The van der Waals surface area contributed by atoms with Crippen LogP contribution < -0.4 is 5.73 Å². The van der Waals surface area contributed by atoms with Crippen LogP contribution in [0.3, 0.4) is 0 Å². The summed E-state index contributed by atoms with van der Waals surface area (Å²) in [5.41, 5.74) is 10.8. The van der Waals surface area contributed by atoms with Crippen molar-refractivity contribution in [2.24, 2.45) is 0 Å². The molecule has 0 amide bonds. The summed E-state index contributed by atoms with van der Waals surface area (Å²) in [4.78, 5) is 0. The zero-order valence-corrected chi connectivity index (χ0v) is 17.4. The average Bonchev–Trinajstić information content (AvgIpc) is 2.63. The Labute approximate surface area is 157 Å². The molecule has 1 heteroatoms. The molecule has 0 aliphatic carbocycles. The molecule has 144 valence electrons. The van der Waals surface area contributed by atoms with E-state index in [1.165, 1.54) is 88.2 Å². The van der Waals surface area contributed by atoms with Crippen molar-refractivity contribution in [2.45, 2.75) is 117 Å². The van der Waals surface area contributed by atoms with Gasteiger partial charge in [0.2, 0.25) is 0 Å². The highest BCUT2D eigenvalue weighted by atomic mass is 14.6. The predicted octanol–water partition coefficient (Wildman–Crippen LogP) is 8.20. The number of rotatable bonds is 14. The summed E-state index contributed by atoms with van der Waals surface area (Å²) in [7, 11) is 0. The Morgan fingerprint density at radius 1 is 0.640 bits per heavy atom. The minimum atomic E-state index is 0.651. The van der Waals surface area contributed by atoms with Gasteiger partial charge in [0.15, 0.2) is 0 Å². The fraction of sp³-hybridized carbons (Fsp3) is 0.750. The van der Waals surface area contributed by atoms with Crippen LogP contribution in [0.5, 0.6) is 0 Å². The molecule has 25 heavy (non-hydrogen) atoms. The van der Waals surface area contributed by atoms with Gasteiger partial charge in [0.25, 0.3) is 0 Å². The minimum Gasteiger partial charge on any atom is -0.398 e. The smallest absolute Gasteiger partial charge is 0.0384 e. The second-order valence-corrected chi connectivity index (χ2v) is 7.81. The van der Waals surface area contributed by atoms with E-state index in [0.29, 0.717) is 11.8 Å². The minimum absolute atomic E-state index is 0.651. The standard InChI is InChI=1S/C24H43N/c1-5-9-14-20(15-10-6-2)22-18-13-19-23(24(22)25)21(16-11-7-3)17-12-8-4/h13,18-21H,5-12,14-17,25H2,1-4H3. The maximum absolute atomic E-state index is 6.77. The first-order chi connectivity index (χ1) is 12.2. The number of benzene rings is 1. The van der Waals surface area contributed by atoms with E-state index in [4.69, 9.17) is 5.73 Å². The van der Waals surface area contributed by atoms with E-state index < -0.39 is 0 Å². The normalized spacial score (nSPS) is 11.6. The summed E-state index contributed by atoms with van der Waals surface area (Å²) in [5.74, 6) is 1.30. The number of hydrogen-bond acceptors (Lipinski definition) is 1. The number of unbranched alkanes of at least 4 members (excludes halogenated alkanes) is 4. The quantitative estimate of drug-likeness (QED) is 0.338. The lowest BCUT2D eigenvalue weighted by Gasteiger charge is -2.24. The van der Waals surface area contributed by atoms with E-state index in [1.807, 2.05) is 0 Å². The van der Waals surface area contributed by atoms with Gasteiger partial charge in [0.1, 0.15) is 0 Å². The molecule has 0 unspecified atom stereocenters. The number of anilines is 1. The van der Waals surface area contributed by atoms with Gasteiger partial charge in [-0.2, -0.15) is 0 Å². The molecule has 0 bridgehead atoms. The van der Waals surface area contributed by atoms with Gasteiger partial charge in [-0.3, -0.25) is 0 Å². The molecule has 0 aliphatic heterocycles. The fourth-order valence-corrected chi connectivity index (χ4v) is 4.03. The number of para-hydroxylation sites is 1. The summed E-state index contributed by atoms with van der Waals surface area (Å²) >= 11 is 0. The largest absolute Gasteiger partial charge is 0.398 e. The highest BCUT2D eigenvalue weighted by molar-refractivity contribution is 5.56. The maximum atomic E-state index is 6.77. The second kappa shape index (κ2) is 13.3. The Kier molecular flexibility index (Phi) is 11.7. The van der Waals surface area contributed by atoms with Crippen LogP contribution in [0.15, 0.2) is 18.2 Å². The monoisotopic (exact) mass is 345 g/mol. The molecule has 2 N–H and O–H groups in total. The molecule has 0 aromatic heterocycles. The second-order valence-electron chi connectivity index (χ2n) is 7.81. The molecule has 0 aliphatic rings. The molecule has 0 spiro atoms. The third-order valence-corrected chi connectivity index (χ3v) is 5.68. The third kappa shape index (κ3) is 7.42. The average molecular weight is 346 g/mol. The van der Waals surface area contributed by atoms with Crippen LogP contribution in [0.1, 0.15) is 128 Å². The van der Waals surface area contributed by atoms with Crippen molar-refractivity contribution < 1.29 is 0 Å². The first kappa shape index (κ1) is 22.1. The Morgan fingerprint density at radius 3 is 1.24 bits per heavy atom. The van der Waals surface area contributed by atoms with Crippen LogP contribution >= 0.6 is 0 Å². The van der Waals surface area contributed by atoms with Crippen LogP contribution in [0.25, 0.3) is 0 Å². The molecule has 0 atom stereocenters. The zero-order chi connectivity index (χ0) is 18.5. The van der Waals surface area contributed by atoms with Crippen molar-refractivity contribution in [1.82, 2.24) is 0 Å². The fourth-order valence-electron chi connectivity index (χ4n) is 4.03. The van der Waals surface area contributed by atoms with E-state index >= 15 is 0 Å². The molecular formula is C24H43N. The molecule has 0 saturated carbocycles. The van der Waals surface area contributed by atoms with Crippen molar-refractivity contribution in [1.29, 1.82) is 0 Å². The van der Waals surface area contributed by atoms with Gasteiger partial charge in [-0.1, -0.05) is 97.3 Å². The Morgan fingerprint density at radius 2 is 0.960 bits per heavy atom. The summed E-state index contributed by atoms with van der Waals surface area (Å²) in [6, 6.07) is 6.90. The highest BCUT2D eigenvalue weighted by Gasteiger charge is 2.19. The number of nitrogen functional groups attached to an aromatic ring is 1. The summed E-state index contributed by atoms with van der Waals surface area (Å²) < 4.78 is 0. The lowest BCUT2D eigenvalue weighted by atomic mass is 9.82. The Bertz CT molecular complexity index is 397. The topological polar surface area (TPSA) is 26.0 Å². The third-order valence-electron chi connectivity index (χ3n) is 5.68. The highest BCUT2D eigenvalue weighted by Crippen LogP contribution is 2.38. The van der Waals surface area contributed by atoms with Crippen LogP contribution in [0, 0.1) is 0 Å². The van der Waals surface area contributed by atoms with Gasteiger partial charge in [0, 0.05) is 5.69 Å². The van der Waals surface area contributed by atoms with Gasteiger partial charge >= 0.3 is 0 Å². The van der Waals surface area contributed by atoms with Gasteiger partial charge in [-0.25, -0.2) is 0 Å². The zero-order valence-electron chi connectivity index (χ0n) is 17.4. The van der Waals surface area contributed by atoms with Gasteiger partial charge < -0.3 is 5.73 Å². The molecule has 0 saturated heterocycles. The lowest BCUT2D eigenvalue weighted by molar-refractivity contribution is 0.516. The summed E-state index contributed by atoms with van der Waals surface area (Å²) in [5, 5.41) is 0. The number of nitrogens with two attached hydrogens (primary N) is 1. The van der Waals surface area contributed by atoms with Crippen molar-refractivity contribution in [3.05, 3.63) is 29.3 Å². The van der Waals surface area contributed by atoms with Crippen molar-refractivity contribution >= 4 is 5.69 Å².